The number of piperazine rings is 1. The minimum Gasteiger partial charge on any atom is -0.444 e. The van der Waals surface area contributed by atoms with E-state index in [1.807, 2.05) is 31.7 Å². The third kappa shape index (κ3) is 10.7. The van der Waals surface area contributed by atoms with Crippen LogP contribution in [0.15, 0.2) is 30.9 Å². The second-order valence-electron chi connectivity index (χ2n) is 18.2. The molecule has 1 N–H and O–H groups in total. The van der Waals surface area contributed by atoms with Crippen molar-refractivity contribution in [2.24, 2.45) is 11.3 Å². The minimum atomic E-state index is -0.780. The van der Waals surface area contributed by atoms with Crippen LogP contribution in [-0.2, 0) is 20.8 Å². The average Bonchev–Trinajstić information content (AvgIpc) is 3.09. The third-order valence-corrected chi connectivity index (χ3v) is 11.2. The number of hydrogen-bond acceptors (Lipinski definition) is 11. The molecule has 15 heteroatoms. The van der Waals surface area contributed by atoms with E-state index in [2.05, 4.69) is 32.0 Å². The number of ether oxygens (including phenoxy) is 2. The molecule has 15 nitrogen and oxygen atoms in total. The van der Waals surface area contributed by atoms with Gasteiger partial charge in [0.15, 0.2) is 5.69 Å². The number of nitrogens with zero attached hydrogens (tertiary/aromatic N) is 8. The van der Waals surface area contributed by atoms with E-state index in [0.29, 0.717) is 43.5 Å². The summed E-state index contributed by atoms with van der Waals surface area (Å²) in [7, 11) is 0. The smallest absolute Gasteiger partial charge is 0.411 e. The normalized spacial score (nSPS) is 19.6. The summed E-state index contributed by atoms with van der Waals surface area (Å²) in [6, 6.07) is 3.54. The Labute approximate surface area is 331 Å². The first-order valence-electron chi connectivity index (χ1n) is 20.2. The molecule has 0 aromatic carbocycles. The summed E-state index contributed by atoms with van der Waals surface area (Å²) >= 11 is 0. The molecule has 0 bridgehead atoms. The molecule has 306 valence electrons. The molecule has 0 radical (unpaired) electrons. The standard InChI is InChI=1S/C41H61N9O6/c1-8-46-15-17-47(18-16-46)23-29-10-13-48(14-11-29)36(52)35-33(45-34(51)25-49(37(53)55-39(2,3)4)24-32-9-12-42-28-44-32)19-30(22-43-35)31-20-41(21-31)26-50(27-41)38(54)56-40(5,6)7/h9,12,19,22,28-29,31H,8,10-11,13-18,20-21,23-27H2,1-7H3,(H,45,51). The molecule has 1 saturated carbocycles. The van der Waals surface area contributed by atoms with Crippen molar-refractivity contribution < 1.29 is 28.7 Å². The molecule has 0 unspecified atom stereocenters. The lowest BCUT2D eigenvalue weighted by atomic mass is 9.56. The molecule has 1 aliphatic carbocycles. The van der Waals surface area contributed by atoms with Gasteiger partial charge in [0.05, 0.1) is 17.9 Å². The molecule has 3 aliphatic heterocycles. The van der Waals surface area contributed by atoms with Gasteiger partial charge in [0.2, 0.25) is 5.91 Å². The number of anilines is 1. The highest BCUT2D eigenvalue weighted by Crippen LogP contribution is 2.56. The maximum absolute atomic E-state index is 14.2. The number of piperidine rings is 1. The second-order valence-corrected chi connectivity index (χ2v) is 18.2. The number of amides is 4. The Kier molecular flexibility index (Phi) is 12.5. The number of carbonyl (C=O) groups is 4. The molecular weight excluding hydrogens is 715 g/mol. The molecule has 6 rings (SSSR count). The lowest BCUT2D eigenvalue weighted by Crippen LogP contribution is -2.63. The van der Waals surface area contributed by atoms with Crippen molar-refractivity contribution in [2.75, 3.05) is 77.3 Å². The summed E-state index contributed by atoms with van der Waals surface area (Å²) in [5.74, 6) is -0.0195. The van der Waals surface area contributed by atoms with Crippen molar-refractivity contribution in [2.45, 2.75) is 97.8 Å². The molecular formula is C41H61N9O6. The van der Waals surface area contributed by atoms with Gasteiger partial charge in [-0.05, 0) is 103 Å². The molecule has 1 spiro atoms. The van der Waals surface area contributed by atoms with Crippen molar-refractivity contribution in [3.05, 3.63) is 47.8 Å². The van der Waals surface area contributed by atoms with Gasteiger partial charge in [0.25, 0.3) is 5.91 Å². The van der Waals surface area contributed by atoms with Crippen LogP contribution in [0.25, 0.3) is 0 Å². The van der Waals surface area contributed by atoms with Gasteiger partial charge in [-0.1, -0.05) is 6.92 Å². The monoisotopic (exact) mass is 775 g/mol. The summed E-state index contributed by atoms with van der Waals surface area (Å²) in [6.07, 6.45) is 7.32. The van der Waals surface area contributed by atoms with Crippen molar-refractivity contribution in [3.8, 4) is 0 Å². The van der Waals surface area contributed by atoms with Crippen LogP contribution in [-0.4, -0.2) is 147 Å². The summed E-state index contributed by atoms with van der Waals surface area (Å²) in [5.41, 5.74) is 0.678. The van der Waals surface area contributed by atoms with E-state index in [1.165, 1.54) is 11.2 Å². The summed E-state index contributed by atoms with van der Waals surface area (Å²) < 4.78 is 11.2. The third-order valence-electron chi connectivity index (χ3n) is 11.2. The lowest BCUT2D eigenvalue weighted by molar-refractivity contribution is -0.117. The first kappa shape index (κ1) is 41.3. The minimum absolute atomic E-state index is 0.0301. The zero-order valence-electron chi connectivity index (χ0n) is 34.4. The first-order chi connectivity index (χ1) is 26.5. The largest absolute Gasteiger partial charge is 0.444 e. The number of hydrogen-bond donors (Lipinski definition) is 1. The van der Waals surface area contributed by atoms with E-state index in [9.17, 15) is 19.2 Å². The van der Waals surface area contributed by atoms with Gasteiger partial charge in [-0.3, -0.25) is 14.5 Å². The number of rotatable bonds is 10. The lowest BCUT2D eigenvalue weighted by Gasteiger charge is -2.58. The summed E-state index contributed by atoms with van der Waals surface area (Å²) in [5, 5.41) is 2.96. The Morgan fingerprint density at radius 2 is 1.55 bits per heavy atom. The second kappa shape index (κ2) is 17.0. The number of carbonyl (C=O) groups excluding carboxylic acids is 4. The number of nitrogens with one attached hydrogen (secondary N) is 1. The Bertz CT molecular complexity index is 1700. The fourth-order valence-corrected chi connectivity index (χ4v) is 8.27. The number of pyridine rings is 1. The zero-order chi connectivity index (χ0) is 40.3. The molecule has 4 amide bonds. The highest BCUT2D eigenvalue weighted by Gasteiger charge is 2.54. The zero-order valence-corrected chi connectivity index (χ0v) is 34.4. The van der Waals surface area contributed by atoms with Crippen molar-refractivity contribution in [1.82, 2.24) is 39.5 Å². The number of likely N-dealkylation sites (N-methyl/N-ethyl adjacent to an activating group) is 1. The Balaban J connectivity index is 1.14. The van der Waals surface area contributed by atoms with Gasteiger partial charge in [-0.15, -0.1) is 0 Å². The van der Waals surface area contributed by atoms with Crippen molar-refractivity contribution in [1.29, 1.82) is 0 Å². The maximum Gasteiger partial charge on any atom is 0.411 e. The van der Waals surface area contributed by atoms with E-state index in [1.54, 1.807) is 44.1 Å². The van der Waals surface area contributed by atoms with Crippen molar-refractivity contribution in [3.63, 3.8) is 0 Å². The van der Waals surface area contributed by atoms with Gasteiger partial charge >= 0.3 is 12.2 Å². The average molecular weight is 776 g/mol. The van der Waals surface area contributed by atoms with Gasteiger partial charge in [0.1, 0.15) is 24.1 Å². The van der Waals surface area contributed by atoms with Gasteiger partial charge in [-0.2, -0.15) is 0 Å². The highest BCUT2D eigenvalue weighted by molar-refractivity contribution is 6.03. The maximum atomic E-state index is 14.2. The van der Waals surface area contributed by atoms with Gasteiger partial charge in [0, 0.05) is 76.7 Å². The van der Waals surface area contributed by atoms with E-state index in [-0.39, 0.29) is 42.1 Å². The molecule has 4 fully saturated rings. The Morgan fingerprint density at radius 3 is 2.16 bits per heavy atom. The first-order valence-corrected chi connectivity index (χ1v) is 20.2. The molecule has 0 atom stereocenters. The fourth-order valence-electron chi connectivity index (χ4n) is 8.27. The molecule has 2 aromatic rings. The predicted molar refractivity (Wildman–Crippen MR) is 211 cm³/mol. The molecule has 3 saturated heterocycles. The van der Waals surface area contributed by atoms with Crippen LogP contribution in [0.4, 0.5) is 15.3 Å². The van der Waals surface area contributed by atoms with E-state index in [0.717, 1.165) is 70.5 Å². The van der Waals surface area contributed by atoms with Crippen LogP contribution in [0.1, 0.15) is 102 Å². The quantitative estimate of drug-likeness (QED) is 0.353. The molecule has 56 heavy (non-hydrogen) atoms. The van der Waals surface area contributed by atoms with E-state index < -0.39 is 23.2 Å². The SMILES string of the molecule is CCN1CCN(CC2CCN(C(=O)c3ncc(C4CC5(C4)CN(C(=O)OC(C)(C)C)C5)cc3NC(=O)CN(Cc3ccncn3)C(=O)OC(C)(C)C)CC2)CC1. The molecule has 2 aromatic heterocycles. The van der Waals surface area contributed by atoms with Gasteiger partial charge in [-0.25, -0.2) is 24.5 Å². The highest BCUT2D eigenvalue weighted by atomic mass is 16.6. The van der Waals surface area contributed by atoms with Crippen LogP contribution in [0.2, 0.25) is 0 Å². The summed E-state index contributed by atoms with van der Waals surface area (Å²) in [4.78, 5) is 76.7. The summed E-state index contributed by atoms with van der Waals surface area (Å²) in [6.45, 7) is 21.9. The Morgan fingerprint density at radius 1 is 0.893 bits per heavy atom. The van der Waals surface area contributed by atoms with Crippen molar-refractivity contribution >= 4 is 29.7 Å². The van der Waals surface area contributed by atoms with Gasteiger partial charge < -0.3 is 34.4 Å². The van der Waals surface area contributed by atoms with Crippen LogP contribution < -0.4 is 5.32 Å². The number of likely N-dealkylation sites (tertiary alicyclic amines) is 2. The van der Waals surface area contributed by atoms with E-state index >= 15 is 0 Å². The Hall–Kier alpha value is -4.37. The number of aromatic nitrogens is 3. The topological polar surface area (TPSA) is 154 Å². The molecule has 4 aliphatic rings. The van der Waals surface area contributed by atoms with Crippen LogP contribution >= 0.6 is 0 Å². The van der Waals surface area contributed by atoms with Crippen LogP contribution in [0.5, 0.6) is 0 Å². The van der Waals surface area contributed by atoms with E-state index in [4.69, 9.17) is 14.5 Å². The van der Waals surface area contributed by atoms with Crippen LogP contribution in [0, 0.1) is 11.3 Å². The molecule has 5 heterocycles. The fraction of sp³-hybridized carbons (Fsp3) is 0.683. The van der Waals surface area contributed by atoms with Crippen LogP contribution in [0.3, 0.4) is 0 Å². The predicted octanol–water partition coefficient (Wildman–Crippen LogP) is 4.85.